The van der Waals surface area contributed by atoms with Crippen molar-refractivity contribution < 1.29 is 59.5 Å². The molecule has 230 valence electrons. The number of nitrogens with one attached hydrogen (secondary N) is 1. The molecule has 0 unspecified atom stereocenters. The van der Waals surface area contributed by atoms with Gasteiger partial charge in [0, 0.05) is 0 Å². The van der Waals surface area contributed by atoms with Crippen LogP contribution in [0.15, 0.2) is 9.98 Å². The second-order valence-corrected chi connectivity index (χ2v) is 9.89. The lowest BCUT2D eigenvalue weighted by molar-refractivity contribution is -0.314. The van der Waals surface area contributed by atoms with Crippen LogP contribution in [-0.4, -0.2) is 159 Å². The predicted molar refractivity (Wildman–Crippen MR) is 133 cm³/mol. The number of rotatable bonds is 9. The Morgan fingerprint density at radius 1 is 0.900 bits per heavy atom. The summed E-state index contributed by atoms with van der Waals surface area (Å²) in [6, 6.07) is -4.08. The molecule has 2 saturated heterocycles. The number of guanidine groups is 2. The third-order valence-corrected chi connectivity index (χ3v) is 7.34. The van der Waals surface area contributed by atoms with E-state index in [9.17, 15) is 40.5 Å². The van der Waals surface area contributed by atoms with Crippen LogP contribution in [-0.2, 0) is 23.7 Å². The van der Waals surface area contributed by atoms with Crippen LogP contribution in [0.1, 0.15) is 6.92 Å². The number of aliphatic hydroxyl groups is 7. The summed E-state index contributed by atoms with van der Waals surface area (Å²) in [5.41, 5.74) is 19.4. The topological polar surface area (TPSA) is 336 Å². The molecule has 0 bridgehead atoms. The van der Waals surface area contributed by atoms with E-state index in [2.05, 4.69) is 15.3 Å². The molecule has 0 aromatic heterocycles. The van der Waals surface area contributed by atoms with Crippen molar-refractivity contribution in [2.45, 2.75) is 98.2 Å². The number of hydrogen-bond acceptors (Lipinski definition) is 15. The summed E-state index contributed by atoms with van der Waals surface area (Å²) in [7, 11) is 1.42. The Morgan fingerprint density at radius 3 is 2.02 bits per heavy atom. The Kier molecular flexibility index (Phi) is 10.2. The van der Waals surface area contributed by atoms with Gasteiger partial charge in [-0.25, -0.2) is 9.98 Å². The number of aldehydes is 1. The van der Waals surface area contributed by atoms with Crippen LogP contribution in [0.5, 0.6) is 0 Å². The highest BCUT2D eigenvalue weighted by Gasteiger charge is 2.60. The number of hydrogen-bond donors (Lipinski definition) is 12. The van der Waals surface area contributed by atoms with Crippen LogP contribution in [0, 0.1) is 0 Å². The zero-order valence-electron chi connectivity index (χ0n) is 21.7. The average Bonchev–Trinajstić information content (AvgIpc) is 3.13. The van der Waals surface area contributed by atoms with Crippen LogP contribution in [0.25, 0.3) is 0 Å². The monoisotopic (exact) mass is 581 g/mol. The molecule has 15 atom stereocenters. The van der Waals surface area contributed by atoms with E-state index in [-0.39, 0.29) is 6.29 Å². The summed E-state index contributed by atoms with van der Waals surface area (Å²) in [6.45, 7) is 0.620. The number of carbonyl (C=O) groups is 1. The standard InChI is InChI=1S/C21H39N7O12/c1-5-21(36,4-30)16(40-17-9(26-2)13(34)10(31)6(3-29)38-17)18(37-5)39-15-8(28-20(24)25)11(32)7(27-19(22)23)12(33)14(15)35/h4-18,26,29,31-36H,3H2,1-2H3,(H4,22,23,27)(H4,24,25,28)/t5-,6+,7-,8+,9+,10+,11-,12+,13+,14-,15-,16-,17-,18-,21+/m1/s1. The molecule has 3 aliphatic rings. The zero-order chi connectivity index (χ0) is 30.1. The molecular weight excluding hydrogens is 542 g/mol. The zero-order valence-corrected chi connectivity index (χ0v) is 21.7. The molecule has 40 heavy (non-hydrogen) atoms. The minimum absolute atomic E-state index is 0.140. The highest BCUT2D eigenvalue weighted by atomic mass is 16.8. The summed E-state index contributed by atoms with van der Waals surface area (Å²) in [5, 5.41) is 76.6. The molecule has 19 heteroatoms. The molecule has 1 aliphatic carbocycles. The lowest BCUT2D eigenvalue weighted by atomic mass is 9.81. The highest BCUT2D eigenvalue weighted by molar-refractivity contribution is 5.76. The van der Waals surface area contributed by atoms with Crippen LogP contribution < -0.4 is 28.3 Å². The third kappa shape index (κ3) is 6.00. The first-order valence-electron chi connectivity index (χ1n) is 12.4. The van der Waals surface area contributed by atoms with Crippen molar-refractivity contribution in [3.8, 4) is 0 Å². The summed E-state index contributed by atoms with van der Waals surface area (Å²) in [5.74, 6) is -1.03. The molecule has 3 rings (SSSR count). The van der Waals surface area contributed by atoms with E-state index >= 15 is 0 Å². The number of carbonyl (C=O) groups excluding carboxylic acids is 1. The molecule has 0 amide bonds. The van der Waals surface area contributed by atoms with Gasteiger partial charge in [0.05, 0.1) is 18.8 Å². The summed E-state index contributed by atoms with van der Waals surface area (Å²) < 4.78 is 22.9. The van der Waals surface area contributed by atoms with Crippen LogP contribution in [0.4, 0.5) is 0 Å². The molecule has 19 nitrogen and oxygen atoms in total. The molecule has 16 N–H and O–H groups in total. The van der Waals surface area contributed by atoms with Crippen LogP contribution >= 0.6 is 0 Å². The fraction of sp³-hybridized carbons (Fsp3) is 0.857. The number of nitrogens with two attached hydrogens (primary N) is 4. The van der Waals surface area contributed by atoms with Gasteiger partial charge in [-0.05, 0) is 14.0 Å². The molecule has 0 spiro atoms. The Morgan fingerprint density at radius 2 is 1.50 bits per heavy atom. The lowest BCUT2D eigenvalue weighted by Gasteiger charge is -2.45. The first-order chi connectivity index (χ1) is 18.7. The number of likely N-dealkylation sites (N-methyl/N-ethyl adjacent to an activating group) is 1. The van der Waals surface area contributed by atoms with Crippen molar-refractivity contribution in [1.82, 2.24) is 5.32 Å². The van der Waals surface area contributed by atoms with Gasteiger partial charge in [-0.3, -0.25) is 4.79 Å². The van der Waals surface area contributed by atoms with Crippen LogP contribution in [0.3, 0.4) is 0 Å². The van der Waals surface area contributed by atoms with Gasteiger partial charge in [0.15, 0.2) is 36.4 Å². The Bertz CT molecular complexity index is 940. The summed E-state index contributed by atoms with van der Waals surface area (Å²) >= 11 is 0. The minimum Gasteiger partial charge on any atom is -0.394 e. The van der Waals surface area contributed by atoms with Crippen molar-refractivity contribution in [3.63, 3.8) is 0 Å². The van der Waals surface area contributed by atoms with Gasteiger partial charge in [-0.15, -0.1) is 0 Å². The largest absolute Gasteiger partial charge is 0.394 e. The molecule has 0 aromatic carbocycles. The number of ether oxygens (including phenoxy) is 4. The molecule has 1 saturated carbocycles. The second kappa shape index (κ2) is 12.7. The maximum Gasteiger partial charge on any atom is 0.188 e. The second-order valence-electron chi connectivity index (χ2n) is 9.89. The van der Waals surface area contributed by atoms with Gasteiger partial charge in [-0.1, -0.05) is 0 Å². The first kappa shape index (κ1) is 32.2. The molecule has 2 heterocycles. The van der Waals surface area contributed by atoms with E-state index in [1.165, 1.54) is 14.0 Å². The van der Waals surface area contributed by atoms with Gasteiger partial charge in [-0.2, -0.15) is 0 Å². The van der Waals surface area contributed by atoms with E-state index in [1.807, 2.05) is 0 Å². The van der Waals surface area contributed by atoms with E-state index in [0.717, 1.165) is 0 Å². The fourth-order valence-corrected chi connectivity index (χ4v) is 5.08. The van der Waals surface area contributed by atoms with Gasteiger partial charge >= 0.3 is 0 Å². The Hall–Kier alpha value is -2.27. The van der Waals surface area contributed by atoms with E-state index in [0.29, 0.717) is 0 Å². The molecule has 0 radical (unpaired) electrons. The smallest absolute Gasteiger partial charge is 0.188 e. The van der Waals surface area contributed by atoms with Gasteiger partial charge in [0.25, 0.3) is 0 Å². The van der Waals surface area contributed by atoms with E-state index < -0.39 is 110 Å². The van der Waals surface area contributed by atoms with Crippen molar-refractivity contribution in [3.05, 3.63) is 0 Å². The number of nitrogens with zero attached hydrogens (tertiary/aromatic N) is 2. The fourth-order valence-electron chi connectivity index (χ4n) is 5.08. The van der Waals surface area contributed by atoms with Crippen molar-refractivity contribution in [2.75, 3.05) is 13.7 Å². The summed E-state index contributed by atoms with van der Waals surface area (Å²) in [6.07, 6.45) is -17.3. The predicted octanol–water partition coefficient (Wildman–Crippen LogP) is -8.16. The molecule has 0 aromatic rings. The highest BCUT2D eigenvalue weighted by Crippen LogP contribution is 2.38. The lowest BCUT2D eigenvalue weighted by Crippen LogP contribution is -2.66. The van der Waals surface area contributed by atoms with Gasteiger partial charge < -0.3 is 82.9 Å². The van der Waals surface area contributed by atoms with E-state index in [4.69, 9.17) is 41.9 Å². The maximum atomic E-state index is 12.1. The van der Waals surface area contributed by atoms with Crippen molar-refractivity contribution in [2.24, 2.45) is 32.9 Å². The number of aliphatic hydroxyl groups excluding tert-OH is 6. The maximum absolute atomic E-state index is 12.1. The van der Waals surface area contributed by atoms with E-state index in [1.54, 1.807) is 0 Å². The molecule has 2 aliphatic heterocycles. The minimum atomic E-state index is -2.38. The quantitative estimate of drug-likeness (QED) is 0.0682. The molecule has 3 fully saturated rings. The van der Waals surface area contributed by atoms with Crippen LogP contribution in [0.2, 0.25) is 0 Å². The number of aliphatic imine (C=N–C) groups is 2. The van der Waals surface area contributed by atoms with Crippen molar-refractivity contribution >= 4 is 18.2 Å². The first-order valence-corrected chi connectivity index (χ1v) is 12.4. The summed E-state index contributed by atoms with van der Waals surface area (Å²) in [4.78, 5) is 19.7. The Labute approximate surface area is 228 Å². The Balaban J connectivity index is 1.96. The SMILES string of the molecule is CN[C@@H]1[C@@H](O[C@@H]2[C@@H](O[C@H]3[C@H](O)[C@@H](O)[C@H](N=C(N)N)[C@@H](O)[C@@H]3N=C(N)N)O[C@H](C)[C@@]2(O)C=O)O[C@@H](CO)[C@H](O)[C@H]1O. The van der Waals surface area contributed by atoms with Crippen molar-refractivity contribution in [1.29, 1.82) is 0 Å². The van der Waals surface area contributed by atoms with Gasteiger partial charge in [0.2, 0.25) is 0 Å². The molecular formula is C21H39N7O12. The average molecular weight is 582 g/mol. The third-order valence-electron chi connectivity index (χ3n) is 7.34. The normalized spacial score (nSPS) is 47.4. The van der Waals surface area contributed by atoms with Gasteiger partial charge in [0.1, 0.15) is 60.9 Å².